The normalized spacial score (nSPS) is 11.2. The number of nitrogens with zero attached hydrogens (tertiary/aromatic N) is 3. The molecule has 0 aliphatic heterocycles. The Balaban J connectivity index is 2.28. The molecule has 0 amide bonds. The Morgan fingerprint density at radius 1 is 1.19 bits per heavy atom. The van der Waals surface area contributed by atoms with Gasteiger partial charge in [0.25, 0.3) is 5.52 Å². The molecule has 27 heavy (non-hydrogen) atoms. The summed E-state index contributed by atoms with van der Waals surface area (Å²) in [4.78, 5) is 16.3. The van der Waals surface area contributed by atoms with Crippen LogP contribution in [0.1, 0.15) is 25.8 Å². The molecular weight excluding hydrogens is 348 g/mol. The molecule has 2 heterocycles. The van der Waals surface area contributed by atoms with Crippen molar-refractivity contribution in [2.45, 2.75) is 39.9 Å². The number of aromatic nitrogens is 4. The molecule has 0 bridgehead atoms. The van der Waals surface area contributed by atoms with Gasteiger partial charge in [0.15, 0.2) is 0 Å². The van der Waals surface area contributed by atoms with Crippen molar-refractivity contribution in [1.82, 2.24) is 9.55 Å². The minimum Gasteiger partial charge on any atom is -0.458 e. The van der Waals surface area contributed by atoms with Gasteiger partial charge in [-0.25, -0.2) is 4.79 Å². The Hall–Kier alpha value is -2.87. The first kappa shape index (κ1) is 18.9. The highest BCUT2D eigenvalue weighted by Crippen LogP contribution is 2.13. The summed E-state index contributed by atoms with van der Waals surface area (Å²) in [5.74, 6) is 0. The van der Waals surface area contributed by atoms with Crippen molar-refractivity contribution in [2.24, 2.45) is 0 Å². The quantitative estimate of drug-likeness (QED) is 0.499. The van der Waals surface area contributed by atoms with Crippen molar-refractivity contribution < 1.29 is 24.1 Å². The van der Waals surface area contributed by atoms with E-state index in [0.29, 0.717) is 43.3 Å². The van der Waals surface area contributed by atoms with Crippen LogP contribution in [0.4, 0.5) is 0 Å². The molecular formula is C19H26N4O4+2. The predicted octanol–water partition coefficient (Wildman–Crippen LogP) is 0.460. The largest absolute Gasteiger partial charge is 0.458 e. The number of aliphatic hydroxyl groups excluding tert-OH is 1. The number of ether oxygens (including phenoxy) is 1. The lowest BCUT2D eigenvalue weighted by Crippen LogP contribution is -2.46. The molecule has 0 saturated carbocycles. The average Bonchev–Trinajstić information content (AvgIpc) is 3.01. The maximum Gasteiger partial charge on any atom is 0.457 e. The lowest BCUT2D eigenvalue weighted by Gasteiger charge is -2.07. The van der Waals surface area contributed by atoms with E-state index in [-0.39, 0.29) is 24.7 Å². The number of aromatic hydroxyl groups is 1. The molecule has 3 N–H and O–H groups in total. The summed E-state index contributed by atoms with van der Waals surface area (Å²) in [5.41, 5.74) is 1.65. The van der Waals surface area contributed by atoms with Gasteiger partial charge in [-0.1, -0.05) is 30.3 Å². The Labute approximate surface area is 156 Å². The molecule has 0 unspecified atom stereocenters. The fourth-order valence-electron chi connectivity index (χ4n) is 3.23. The van der Waals surface area contributed by atoms with Crippen LogP contribution < -0.4 is 19.4 Å². The Morgan fingerprint density at radius 3 is 2.56 bits per heavy atom. The van der Waals surface area contributed by atoms with Crippen LogP contribution in [-0.4, -0.2) is 33.0 Å². The van der Waals surface area contributed by atoms with Gasteiger partial charge in [0.2, 0.25) is 0 Å². The van der Waals surface area contributed by atoms with E-state index in [9.17, 15) is 9.90 Å². The topological polar surface area (TPSA) is 95.2 Å². The second-order valence-corrected chi connectivity index (χ2v) is 6.21. The molecule has 0 aliphatic carbocycles. The highest BCUT2D eigenvalue weighted by molar-refractivity contribution is 5.62. The molecule has 0 atom stereocenters. The van der Waals surface area contributed by atoms with Gasteiger partial charge in [-0.3, -0.25) is 0 Å². The second-order valence-electron chi connectivity index (χ2n) is 6.21. The number of aliphatic hydroxyl groups is 1. The van der Waals surface area contributed by atoms with Gasteiger partial charge >= 0.3 is 23.2 Å². The maximum atomic E-state index is 13.2. The highest BCUT2D eigenvalue weighted by Gasteiger charge is 2.32. The van der Waals surface area contributed by atoms with Crippen molar-refractivity contribution in [3.63, 3.8) is 0 Å². The smallest absolute Gasteiger partial charge is 0.457 e. The van der Waals surface area contributed by atoms with Crippen LogP contribution in [0.5, 0.6) is 12.0 Å². The molecule has 3 aromatic rings. The third kappa shape index (κ3) is 3.52. The van der Waals surface area contributed by atoms with Crippen LogP contribution in [-0.2, 0) is 19.6 Å². The standard InChI is InChI=1S/C19H24N4O4/c1-3-21-16-15(17(25)22(19(21)26)11-8-12-24)23(18(20-16)27-4-2)13-14-9-6-5-7-10-14/h5-7,9-10,24H,3-4,8,11-13H2,1-2H3/p+2. The van der Waals surface area contributed by atoms with Gasteiger partial charge < -0.3 is 14.9 Å². The van der Waals surface area contributed by atoms with E-state index in [1.165, 1.54) is 4.57 Å². The van der Waals surface area contributed by atoms with Crippen molar-refractivity contribution >= 4 is 11.2 Å². The second kappa shape index (κ2) is 8.22. The molecule has 0 radical (unpaired) electrons. The Bertz CT molecular complexity index is 979. The minimum atomic E-state index is -0.321. The van der Waals surface area contributed by atoms with Crippen molar-refractivity contribution in [1.29, 1.82) is 0 Å². The summed E-state index contributed by atoms with van der Waals surface area (Å²) in [5, 5.41) is 19.7. The van der Waals surface area contributed by atoms with Crippen LogP contribution in [0.2, 0.25) is 0 Å². The van der Waals surface area contributed by atoms with Crippen molar-refractivity contribution in [3.8, 4) is 12.0 Å². The zero-order valence-corrected chi connectivity index (χ0v) is 15.7. The van der Waals surface area contributed by atoms with Crippen molar-refractivity contribution in [3.05, 3.63) is 46.2 Å². The molecule has 8 nitrogen and oxygen atoms in total. The molecule has 0 aliphatic rings. The number of rotatable bonds is 8. The number of aryl methyl sites for hydroxylation is 1. The first-order valence-corrected chi connectivity index (χ1v) is 9.21. The van der Waals surface area contributed by atoms with Crippen LogP contribution in [0.3, 0.4) is 0 Å². The number of fused-ring (bicyclic) bond motifs is 1. The number of benzene rings is 1. The molecule has 8 heteroatoms. The van der Waals surface area contributed by atoms with Gasteiger partial charge in [0.05, 0.1) is 19.7 Å². The third-order valence-electron chi connectivity index (χ3n) is 4.49. The maximum absolute atomic E-state index is 13.2. The third-order valence-corrected chi connectivity index (χ3v) is 4.49. The molecule has 0 fully saturated rings. The lowest BCUT2D eigenvalue weighted by atomic mass is 10.2. The number of nitrogens with one attached hydrogen (secondary N) is 1. The number of hydrogen-bond acceptors (Lipinski definition) is 4. The molecule has 0 spiro atoms. The number of imidazole rings is 1. The summed E-state index contributed by atoms with van der Waals surface area (Å²) in [6.45, 7) is 5.32. The summed E-state index contributed by atoms with van der Waals surface area (Å²) in [7, 11) is 0. The van der Waals surface area contributed by atoms with Gasteiger partial charge in [0.1, 0.15) is 6.54 Å². The van der Waals surface area contributed by atoms with E-state index < -0.39 is 0 Å². The van der Waals surface area contributed by atoms with E-state index in [2.05, 4.69) is 4.98 Å². The molecule has 0 saturated heterocycles. The predicted molar refractivity (Wildman–Crippen MR) is 98.7 cm³/mol. The number of hydrogen-bond donors (Lipinski definition) is 3. The van der Waals surface area contributed by atoms with E-state index in [4.69, 9.17) is 9.84 Å². The summed E-state index contributed by atoms with van der Waals surface area (Å²) >= 11 is 0. The van der Waals surface area contributed by atoms with Gasteiger partial charge in [-0.05, 0) is 19.4 Å². The first-order chi connectivity index (χ1) is 13.1. The molecule has 3 rings (SSSR count). The number of H-pyrrole nitrogens is 1. The zero-order valence-electron chi connectivity index (χ0n) is 15.7. The first-order valence-electron chi connectivity index (χ1n) is 9.21. The Kier molecular flexibility index (Phi) is 5.75. The van der Waals surface area contributed by atoms with E-state index in [1.807, 2.05) is 44.2 Å². The molecule has 144 valence electrons. The fourth-order valence-corrected chi connectivity index (χ4v) is 3.23. The zero-order chi connectivity index (χ0) is 19.4. The summed E-state index contributed by atoms with van der Waals surface area (Å²) < 4.78 is 10.5. The van der Waals surface area contributed by atoms with Crippen LogP contribution in [0.15, 0.2) is 35.1 Å². The van der Waals surface area contributed by atoms with E-state index in [0.717, 1.165) is 5.56 Å². The average molecular weight is 374 g/mol. The van der Waals surface area contributed by atoms with E-state index in [1.54, 1.807) is 9.13 Å². The lowest BCUT2D eigenvalue weighted by molar-refractivity contribution is -0.690. The van der Waals surface area contributed by atoms with Gasteiger partial charge in [-0.2, -0.15) is 18.7 Å². The fraction of sp³-hybridized carbons (Fsp3) is 0.421. The van der Waals surface area contributed by atoms with E-state index >= 15 is 0 Å². The van der Waals surface area contributed by atoms with Gasteiger partial charge in [-0.15, -0.1) is 0 Å². The number of aromatic amines is 1. The summed E-state index contributed by atoms with van der Waals surface area (Å²) in [6.07, 6.45) is 0.379. The van der Waals surface area contributed by atoms with Crippen molar-refractivity contribution in [2.75, 3.05) is 13.2 Å². The Morgan fingerprint density at radius 2 is 1.93 bits per heavy atom. The minimum absolute atomic E-state index is 0.0581. The van der Waals surface area contributed by atoms with Gasteiger partial charge in [0, 0.05) is 13.0 Å². The van der Waals surface area contributed by atoms with Crippen LogP contribution >= 0.6 is 0 Å². The summed E-state index contributed by atoms with van der Waals surface area (Å²) in [6, 6.07) is 10.1. The molecule has 1 aromatic carbocycles. The molecule has 2 aromatic heterocycles. The SMILES string of the molecule is CCOc1[nH]c2c(c(=O)n(CCCO)c(O)[n+]2CC)[n+]1Cc1ccccc1. The monoisotopic (exact) mass is 374 g/mol. The highest BCUT2D eigenvalue weighted by atomic mass is 16.5. The van der Waals surface area contributed by atoms with Crippen LogP contribution in [0, 0.1) is 0 Å². The van der Waals surface area contributed by atoms with Crippen LogP contribution in [0.25, 0.3) is 11.2 Å².